The molecule has 2 atom stereocenters. The van der Waals surface area contributed by atoms with Crippen molar-refractivity contribution in [2.45, 2.75) is 51.6 Å². The van der Waals surface area contributed by atoms with Gasteiger partial charge in [-0.1, -0.05) is 12.8 Å². The molecule has 7 heteroatoms. The molecule has 2 N–H and O–H groups in total. The molecule has 0 radical (unpaired) electrons. The SMILES string of the molecule is CCOP(=O)(O)C(CCCCCC(=O)O)C(C)=O. The highest BCUT2D eigenvalue weighted by atomic mass is 31.2. The lowest BCUT2D eigenvalue weighted by molar-refractivity contribution is -0.137. The van der Waals surface area contributed by atoms with Crippen LogP contribution in [0.25, 0.3) is 0 Å². The third-order valence-corrected chi connectivity index (χ3v) is 4.58. The standard InChI is InChI=1S/C11H21O6P/c1-3-17-18(15,16)10(9(2)12)7-5-4-6-8-11(13)14/h10H,3-8H2,1-2H3,(H,13,14)(H,15,16). The van der Waals surface area contributed by atoms with E-state index >= 15 is 0 Å². The fourth-order valence-electron chi connectivity index (χ4n) is 1.66. The first-order valence-electron chi connectivity index (χ1n) is 6.00. The van der Waals surface area contributed by atoms with Gasteiger partial charge in [-0.3, -0.25) is 14.2 Å². The lowest BCUT2D eigenvalue weighted by atomic mass is 10.1. The maximum Gasteiger partial charge on any atom is 0.338 e. The maximum atomic E-state index is 11.7. The number of carboxylic acid groups (broad SMARTS) is 1. The zero-order valence-corrected chi connectivity index (χ0v) is 11.7. The Labute approximate surface area is 107 Å². The van der Waals surface area contributed by atoms with Crippen LogP contribution in [-0.2, 0) is 18.7 Å². The number of rotatable bonds is 10. The second kappa shape index (κ2) is 8.40. The minimum absolute atomic E-state index is 0.0764. The van der Waals surface area contributed by atoms with Crippen LogP contribution in [0.2, 0.25) is 0 Å². The summed E-state index contributed by atoms with van der Waals surface area (Å²) in [5.41, 5.74) is -0.998. The summed E-state index contributed by atoms with van der Waals surface area (Å²) in [4.78, 5) is 31.2. The second-order valence-electron chi connectivity index (χ2n) is 4.10. The van der Waals surface area contributed by atoms with E-state index in [1.54, 1.807) is 6.92 Å². The Bertz CT molecular complexity index is 327. The highest BCUT2D eigenvalue weighted by Crippen LogP contribution is 2.49. The molecule has 0 amide bonds. The number of carbonyl (C=O) groups excluding carboxylic acids is 1. The monoisotopic (exact) mass is 280 g/mol. The third kappa shape index (κ3) is 6.89. The molecule has 106 valence electrons. The summed E-state index contributed by atoms with van der Waals surface area (Å²) < 4.78 is 16.5. The molecule has 0 aromatic rings. The van der Waals surface area contributed by atoms with Crippen LogP contribution >= 0.6 is 7.60 Å². The fraction of sp³-hybridized carbons (Fsp3) is 0.818. The van der Waals surface area contributed by atoms with Crippen LogP contribution in [0, 0.1) is 0 Å². The number of Topliss-reactive ketones (excluding diaryl/α,β-unsaturated/α-hetero) is 1. The zero-order chi connectivity index (χ0) is 14.2. The van der Waals surface area contributed by atoms with Gasteiger partial charge in [0, 0.05) is 6.42 Å². The first-order valence-corrected chi connectivity index (χ1v) is 7.65. The van der Waals surface area contributed by atoms with E-state index in [2.05, 4.69) is 0 Å². The Balaban J connectivity index is 4.18. The van der Waals surface area contributed by atoms with Crippen molar-refractivity contribution < 1.29 is 28.7 Å². The van der Waals surface area contributed by atoms with E-state index in [1.165, 1.54) is 6.92 Å². The van der Waals surface area contributed by atoms with Crippen molar-refractivity contribution in [3.05, 3.63) is 0 Å². The minimum Gasteiger partial charge on any atom is -0.481 e. The van der Waals surface area contributed by atoms with Crippen LogP contribution in [-0.4, -0.2) is 34.0 Å². The molecule has 0 fully saturated rings. The van der Waals surface area contributed by atoms with Crippen molar-refractivity contribution in [2.24, 2.45) is 0 Å². The smallest absolute Gasteiger partial charge is 0.338 e. The van der Waals surface area contributed by atoms with Crippen molar-refractivity contribution in [3.63, 3.8) is 0 Å². The van der Waals surface area contributed by atoms with Crippen LogP contribution < -0.4 is 0 Å². The third-order valence-electron chi connectivity index (χ3n) is 2.55. The number of carbonyl (C=O) groups is 2. The van der Waals surface area contributed by atoms with Gasteiger partial charge in [0.05, 0.1) is 6.61 Å². The molecule has 0 bridgehead atoms. The van der Waals surface area contributed by atoms with Gasteiger partial charge in [-0.15, -0.1) is 0 Å². The van der Waals surface area contributed by atoms with Gasteiger partial charge in [0.1, 0.15) is 11.4 Å². The molecule has 0 aromatic heterocycles. The molecular weight excluding hydrogens is 259 g/mol. The Hall–Kier alpha value is -0.710. The highest BCUT2D eigenvalue weighted by molar-refractivity contribution is 7.54. The summed E-state index contributed by atoms with van der Waals surface area (Å²) in [7, 11) is -3.89. The summed E-state index contributed by atoms with van der Waals surface area (Å²) in [6, 6.07) is 0. The van der Waals surface area contributed by atoms with Gasteiger partial charge in [-0.05, 0) is 26.7 Å². The quantitative estimate of drug-likeness (QED) is 0.470. The average Bonchev–Trinajstić information content (AvgIpc) is 2.21. The first-order chi connectivity index (χ1) is 8.31. The van der Waals surface area contributed by atoms with Crippen LogP contribution in [0.3, 0.4) is 0 Å². The van der Waals surface area contributed by atoms with E-state index in [1.807, 2.05) is 0 Å². The number of hydrogen-bond donors (Lipinski definition) is 2. The molecule has 0 rings (SSSR count). The van der Waals surface area contributed by atoms with E-state index in [4.69, 9.17) is 9.63 Å². The van der Waals surface area contributed by atoms with Crippen LogP contribution in [0.1, 0.15) is 46.0 Å². The Kier molecular flexibility index (Phi) is 8.07. The van der Waals surface area contributed by atoms with Gasteiger partial charge in [0.25, 0.3) is 0 Å². The van der Waals surface area contributed by atoms with Crippen molar-refractivity contribution in [1.29, 1.82) is 0 Å². The maximum absolute atomic E-state index is 11.7. The molecule has 18 heavy (non-hydrogen) atoms. The summed E-state index contributed by atoms with van der Waals surface area (Å²) in [5, 5.41) is 8.45. The number of hydrogen-bond acceptors (Lipinski definition) is 4. The molecule has 0 aliphatic carbocycles. The lowest BCUT2D eigenvalue weighted by Gasteiger charge is -2.19. The zero-order valence-electron chi connectivity index (χ0n) is 10.8. The van der Waals surface area contributed by atoms with E-state index in [0.29, 0.717) is 19.3 Å². The molecule has 0 aliphatic heterocycles. The van der Waals surface area contributed by atoms with Gasteiger partial charge in [-0.25, -0.2) is 0 Å². The molecule has 2 unspecified atom stereocenters. The van der Waals surface area contributed by atoms with Crippen molar-refractivity contribution in [2.75, 3.05) is 6.61 Å². The van der Waals surface area contributed by atoms with Gasteiger partial charge in [0.15, 0.2) is 0 Å². The predicted octanol–water partition coefficient (Wildman–Crippen LogP) is 2.20. The number of carboxylic acids is 1. The van der Waals surface area contributed by atoms with Crippen molar-refractivity contribution in [1.82, 2.24) is 0 Å². The van der Waals surface area contributed by atoms with Gasteiger partial charge in [-0.2, -0.15) is 0 Å². The van der Waals surface area contributed by atoms with Gasteiger partial charge < -0.3 is 14.5 Å². The number of ketones is 1. The van der Waals surface area contributed by atoms with E-state index in [9.17, 15) is 19.0 Å². The van der Waals surface area contributed by atoms with Crippen LogP contribution in [0.15, 0.2) is 0 Å². The molecule has 6 nitrogen and oxygen atoms in total. The summed E-state index contributed by atoms with van der Waals surface area (Å²) in [5.74, 6) is -1.23. The van der Waals surface area contributed by atoms with Crippen LogP contribution in [0.4, 0.5) is 0 Å². The normalized spacial score (nSPS) is 15.9. The topological polar surface area (TPSA) is 101 Å². The van der Waals surface area contributed by atoms with Crippen LogP contribution in [0.5, 0.6) is 0 Å². The first kappa shape index (κ1) is 17.3. The van der Waals surface area contributed by atoms with E-state index < -0.39 is 19.2 Å². The lowest BCUT2D eigenvalue weighted by Crippen LogP contribution is -2.19. The number of aliphatic carboxylic acids is 1. The summed E-state index contributed by atoms with van der Waals surface area (Å²) in [6.45, 7) is 2.94. The molecule has 0 aliphatic rings. The van der Waals surface area contributed by atoms with Gasteiger partial charge >= 0.3 is 13.6 Å². The molecule has 0 spiro atoms. The largest absolute Gasteiger partial charge is 0.481 e. The second-order valence-corrected chi connectivity index (χ2v) is 6.11. The van der Waals surface area contributed by atoms with Gasteiger partial charge in [0.2, 0.25) is 0 Å². The van der Waals surface area contributed by atoms with Crippen molar-refractivity contribution >= 4 is 19.3 Å². The Morgan fingerprint density at radius 1 is 1.28 bits per heavy atom. The average molecular weight is 280 g/mol. The van der Waals surface area contributed by atoms with E-state index in [-0.39, 0.29) is 25.2 Å². The summed E-state index contributed by atoms with van der Waals surface area (Å²) in [6.07, 6.45) is 1.98. The molecule has 0 saturated carbocycles. The minimum atomic E-state index is -3.89. The summed E-state index contributed by atoms with van der Waals surface area (Å²) >= 11 is 0. The van der Waals surface area contributed by atoms with Crippen molar-refractivity contribution in [3.8, 4) is 0 Å². The molecular formula is C11H21O6P. The Morgan fingerprint density at radius 3 is 2.33 bits per heavy atom. The molecule has 0 aromatic carbocycles. The predicted molar refractivity (Wildman–Crippen MR) is 66.6 cm³/mol. The molecule has 0 saturated heterocycles. The highest BCUT2D eigenvalue weighted by Gasteiger charge is 2.35. The van der Waals surface area contributed by atoms with E-state index in [0.717, 1.165) is 0 Å². The molecule has 0 heterocycles. The fourth-order valence-corrected chi connectivity index (χ4v) is 3.18. The Morgan fingerprint density at radius 2 is 1.89 bits per heavy atom. The number of unbranched alkanes of at least 4 members (excludes halogenated alkanes) is 2.